The maximum atomic E-state index is 14.5. The van der Waals surface area contributed by atoms with Crippen molar-refractivity contribution in [3.63, 3.8) is 0 Å². The third-order valence-corrected chi connectivity index (χ3v) is 5.07. The number of rotatable bonds is 0. The summed E-state index contributed by atoms with van der Waals surface area (Å²) in [4.78, 5) is 20.9. The van der Waals surface area contributed by atoms with E-state index in [1.165, 1.54) is 16.8 Å². The van der Waals surface area contributed by atoms with Crippen LogP contribution >= 0.6 is 0 Å². The SMILES string of the molecule is C[C@@H]1Nc2nc3c(cnn3cc2F)C(=O)N[C@H]2C[C@H](C2)Oc2ncc(F)cc21. The van der Waals surface area contributed by atoms with Gasteiger partial charge in [-0.05, 0) is 13.0 Å². The summed E-state index contributed by atoms with van der Waals surface area (Å²) in [5.74, 6) is -1.30. The van der Waals surface area contributed by atoms with Crippen LogP contribution in [0.1, 0.15) is 41.7 Å². The van der Waals surface area contributed by atoms with Gasteiger partial charge in [0.2, 0.25) is 5.88 Å². The molecule has 144 valence electrons. The molecule has 2 aliphatic heterocycles. The van der Waals surface area contributed by atoms with Crippen molar-refractivity contribution in [3.05, 3.63) is 47.4 Å². The zero-order valence-corrected chi connectivity index (χ0v) is 14.8. The van der Waals surface area contributed by atoms with E-state index in [0.29, 0.717) is 18.4 Å². The number of aromatic nitrogens is 4. The number of carbonyl (C=O) groups is 1. The molecule has 0 aromatic carbocycles. The predicted octanol–water partition coefficient (Wildman–Crippen LogP) is 2.23. The molecule has 0 unspecified atom stereocenters. The predicted molar refractivity (Wildman–Crippen MR) is 94.1 cm³/mol. The van der Waals surface area contributed by atoms with Crippen molar-refractivity contribution >= 4 is 17.4 Å². The highest BCUT2D eigenvalue weighted by Gasteiger charge is 2.34. The van der Waals surface area contributed by atoms with Crippen LogP contribution < -0.4 is 15.4 Å². The Labute approximate surface area is 157 Å². The Morgan fingerprint density at radius 2 is 2.07 bits per heavy atom. The van der Waals surface area contributed by atoms with E-state index in [0.717, 1.165) is 12.4 Å². The van der Waals surface area contributed by atoms with E-state index in [9.17, 15) is 13.6 Å². The summed E-state index contributed by atoms with van der Waals surface area (Å²) in [6.45, 7) is 1.73. The summed E-state index contributed by atoms with van der Waals surface area (Å²) in [6.07, 6.45) is 4.66. The highest BCUT2D eigenvalue weighted by atomic mass is 19.1. The molecule has 0 saturated heterocycles. The van der Waals surface area contributed by atoms with Gasteiger partial charge in [0, 0.05) is 24.4 Å². The quantitative estimate of drug-likeness (QED) is 0.616. The Morgan fingerprint density at radius 1 is 1.25 bits per heavy atom. The second-order valence-electron chi connectivity index (χ2n) is 7.06. The summed E-state index contributed by atoms with van der Waals surface area (Å²) < 4.78 is 35.4. The molecule has 8 nitrogen and oxygen atoms in total. The first kappa shape index (κ1) is 16.8. The van der Waals surface area contributed by atoms with Gasteiger partial charge >= 0.3 is 0 Å². The number of carbonyl (C=O) groups excluding carboxylic acids is 1. The standard InChI is InChI=1S/C18H16F2N6O2/c1-8-12-2-9(19)5-21-18(12)28-11-3-10(4-11)24-17(27)13-6-22-26-7-14(20)15(23-8)25-16(13)26/h2,5-8,10-11H,3-4H2,1H3,(H,23,25)(H,24,27)/t8-,10-,11+/m0/s1. The first-order valence-corrected chi connectivity index (χ1v) is 8.91. The zero-order valence-electron chi connectivity index (χ0n) is 14.8. The topological polar surface area (TPSA) is 93.4 Å². The molecular formula is C18H16F2N6O2. The van der Waals surface area contributed by atoms with E-state index in [1.54, 1.807) is 6.92 Å². The highest BCUT2D eigenvalue weighted by Crippen LogP contribution is 2.32. The number of anilines is 1. The molecule has 0 radical (unpaired) electrons. The zero-order chi connectivity index (χ0) is 19.4. The van der Waals surface area contributed by atoms with Crippen LogP contribution in [0.25, 0.3) is 5.65 Å². The second kappa shape index (κ2) is 6.11. The average Bonchev–Trinajstić information content (AvgIpc) is 3.03. The Balaban J connectivity index is 1.63. The van der Waals surface area contributed by atoms with E-state index in [2.05, 4.69) is 25.7 Å². The van der Waals surface area contributed by atoms with Gasteiger partial charge in [0.25, 0.3) is 5.91 Å². The number of hydrogen-bond acceptors (Lipinski definition) is 6. The van der Waals surface area contributed by atoms with Gasteiger partial charge in [-0.1, -0.05) is 0 Å². The number of hydrogen-bond donors (Lipinski definition) is 2. The van der Waals surface area contributed by atoms with Crippen LogP contribution in [0, 0.1) is 11.6 Å². The molecule has 2 N–H and O–H groups in total. The van der Waals surface area contributed by atoms with Crippen LogP contribution in [0.5, 0.6) is 5.88 Å². The smallest absolute Gasteiger partial charge is 0.256 e. The molecule has 10 heteroatoms. The number of amides is 1. The van der Waals surface area contributed by atoms with Gasteiger partial charge in [0.1, 0.15) is 17.5 Å². The molecular weight excluding hydrogens is 370 g/mol. The van der Waals surface area contributed by atoms with Crippen molar-refractivity contribution in [2.45, 2.75) is 38.0 Å². The van der Waals surface area contributed by atoms with Crippen molar-refractivity contribution in [1.82, 2.24) is 24.9 Å². The van der Waals surface area contributed by atoms with Crippen LogP contribution in [-0.2, 0) is 0 Å². The Hall–Kier alpha value is -3.30. The molecule has 1 amide bonds. The number of fused-ring (bicyclic) bond motifs is 2. The lowest BCUT2D eigenvalue weighted by Crippen LogP contribution is -2.49. The monoisotopic (exact) mass is 386 g/mol. The van der Waals surface area contributed by atoms with Crippen LogP contribution in [0.4, 0.5) is 14.6 Å². The van der Waals surface area contributed by atoms with E-state index in [-0.39, 0.29) is 41.0 Å². The highest BCUT2D eigenvalue weighted by molar-refractivity contribution is 6.00. The Kier molecular flexibility index (Phi) is 3.68. The number of nitrogens with one attached hydrogen (secondary N) is 2. The van der Waals surface area contributed by atoms with E-state index < -0.39 is 17.7 Å². The molecule has 3 aliphatic rings. The van der Waals surface area contributed by atoms with Crippen molar-refractivity contribution in [2.75, 3.05) is 5.32 Å². The summed E-state index contributed by atoms with van der Waals surface area (Å²) in [5, 5.41) is 9.83. The van der Waals surface area contributed by atoms with Gasteiger partial charge in [0.15, 0.2) is 17.3 Å². The molecule has 4 bridgehead atoms. The van der Waals surface area contributed by atoms with Crippen LogP contribution in [0.15, 0.2) is 24.7 Å². The van der Waals surface area contributed by atoms with Gasteiger partial charge in [-0.15, -0.1) is 0 Å². The van der Waals surface area contributed by atoms with Crippen LogP contribution in [0.3, 0.4) is 0 Å². The lowest BCUT2D eigenvalue weighted by molar-refractivity contribution is 0.0671. The van der Waals surface area contributed by atoms with E-state index in [1.807, 2.05) is 0 Å². The number of halogens is 2. The van der Waals surface area contributed by atoms with Crippen molar-refractivity contribution in [2.24, 2.45) is 0 Å². The lowest BCUT2D eigenvalue weighted by Gasteiger charge is -2.36. The minimum Gasteiger partial charge on any atom is -0.474 e. The fraction of sp³-hybridized carbons (Fsp3) is 0.333. The number of pyridine rings is 1. The molecule has 1 fully saturated rings. The summed E-state index contributed by atoms with van der Waals surface area (Å²) in [6, 6.07) is 0.709. The van der Waals surface area contributed by atoms with Crippen molar-refractivity contribution in [1.29, 1.82) is 0 Å². The molecule has 5 heterocycles. The molecule has 1 aliphatic carbocycles. The first-order chi connectivity index (χ1) is 13.5. The van der Waals surface area contributed by atoms with Gasteiger partial charge in [-0.2, -0.15) is 5.10 Å². The molecule has 3 aromatic rings. The maximum Gasteiger partial charge on any atom is 0.256 e. The van der Waals surface area contributed by atoms with Crippen molar-refractivity contribution in [3.8, 4) is 5.88 Å². The second-order valence-corrected chi connectivity index (χ2v) is 7.06. The normalized spacial score (nSPS) is 23.8. The fourth-order valence-corrected chi connectivity index (χ4v) is 3.49. The molecule has 1 atom stereocenters. The Morgan fingerprint density at radius 3 is 2.89 bits per heavy atom. The lowest BCUT2D eigenvalue weighted by atomic mass is 9.89. The number of ether oxygens (including phenoxy) is 1. The molecule has 28 heavy (non-hydrogen) atoms. The molecule has 0 spiro atoms. The van der Waals surface area contributed by atoms with Crippen molar-refractivity contribution < 1.29 is 18.3 Å². The minimum atomic E-state index is -0.656. The fourth-order valence-electron chi connectivity index (χ4n) is 3.49. The third kappa shape index (κ3) is 2.72. The van der Waals surface area contributed by atoms with Gasteiger partial charge in [-0.3, -0.25) is 4.79 Å². The van der Waals surface area contributed by atoms with E-state index in [4.69, 9.17) is 4.74 Å². The molecule has 3 aromatic heterocycles. The summed E-state index contributed by atoms with van der Waals surface area (Å²) in [5.41, 5.74) is 0.944. The maximum absolute atomic E-state index is 14.5. The molecule has 6 rings (SSSR count). The summed E-state index contributed by atoms with van der Waals surface area (Å²) in [7, 11) is 0. The van der Waals surface area contributed by atoms with Gasteiger partial charge < -0.3 is 15.4 Å². The minimum absolute atomic E-state index is 0.0604. The van der Waals surface area contributed by atoms with Gasteiger partial charge in [0.05, 0.1) is 24.6 Å². The number of nitrogens with zero attached hydrogens (tertiary/aromatic N) is 4. The Bertz CT molecular complexity index is 1100. The average molecular weight is 386 g/mol. The first-order valence-electron chi connectivity index (χ1n) is 8.91. The third-order valence-electron chi connectivity index (χ3n) is 5.07. The van der Waals surface area contributed by atoms with E-state index >= 15 is 0 Å². The van der Waals surface area contributed by atoms with Gasteiger partial charge in [-0.25, -0.2) is 23.3 Å². The van der Waals surface area contributed by atoms with Crippen LogP contribution in [0.2, 0.25) is 0 Å². The summed E-state index contributed by atoms with van der Waals surface area (Å²) >= 11 is 0. The molecule has 1 saturated carbocycles. The van der Waals surface area contributed by atoms with Crippen LogP contribution in [-0.4, -0.2) is 37.6 Å². The largest absolute Gasteiger partial charge is 0.474 e.